The molecule has 0 amide bonds. The Morgan fingerprint density at radius 2 is 1.89 bits per heavy atom. The van der Waals surface area contributed by atoms with E-state index >= 15 is 0 Å². The van der Waals surface area contributed by atoms with Crippen LogP contribution in [0.3, 0.4) is 0 Å². The highest BCUT2D eigenvalue weighted by Crippen LogP contribution is 1.58. The maximum Gasteiger partial charge on any atom is 0.0509 e. The zero-order valence-electron chi connectivity index (χ0n) is 6.42. The molecule has 0 aliphatic heterocycles. The lowest BCUT2D eigenvalue weighted by atomic mass is 10.9. The minimum Gasteiger partial charge on any atom is -0.180 e. The van der Waals surface area contributed by atoms with Gasteiger partial charge in [0.25, 0.3) is 0 Å². The molecule has 0 unspecified atom stereocenters. The third-order valence-corrected chi connectivity index (χ3v) is 0.332. The summed E-state index contributed by atoms with van der Waals surface area (Å²) in [6.45, 7) is 5.79. The Balaban J connectivity index is 0. The van der Waals surface area contributed by atoms with E-state index in [-0.39, 0.29) is 0 Å². The highest BCUT2D eigenvalue weighted by Gasteiger charge is 1.56. The van der Waals surface area contributed by atoms with Gasteiger partial charge in [-0.3, -0.25) is 0 Å². The molecule has 4 heteroatoms. The molecule has 0 aromatic heterocycles. The molecule has 0 aromatic rings. The van der Waals surface area contributed by atoms with Crippen molar-refractivity contribution >= 4 is 6.21 Å². The van der Waals surface area contributed by atoms with E-state index in [0.717, 1.165) is 0 Å². The molecule has 0 rings (SSSR count). The Kier molecular flexibility index (Phi) is 19.1. The lowest BCUT2D eigenvalue weighted by molar-refractivity contribution is 0.741. The molecule has 0 aliphatic carbocycles. The van der Waals surface area contributed by atoms with Crippen LogP contribution in [0.4, 0.5) is 0 Å². The summed E-state index contributed by atoms with van der Waals surface area (Å²) in [7, 11) is 1.57. The second kappa shape index (κ2) is 15.7. The molecule has 0 fully saturated rings. The van der Waals surface area contributed by atoms with Crippen molar-refractivity contribution in [2.75, 3.05) is 7.05 Å². The maximum absolute atomic E-state index is 3.53. The SMILES string of the molecule is C/C=N/NN=NC.CC. The van der Waals surface area contributed by atoms with Crippen molar-refractivity contribution < 1.29 is 0 Å². The van der Waals surface area contributed by atoms with Crippen molar-refractivity contribution in [3.63, 3.8) is 0 Å². The molecule has 0 aromatic carbocycles. The molecular formula is C5H14N4. The predicted molar refractivity (Wildman–Crippen MR) is 39.4 cm³/mol. The van der Waals surface area contributed by atoms with Crippen LogP contribution in [-0.4, -0.2) is 13.3 Å². The minimum absolute atomic E-state index is 1.57. The fourth-order valence-corrected chi connectivity index (χ4v) is 0.128. The molecule has 0 saturated heterocycles. The van der Waals surface area contributed by atoms with Crippen molar-refractivity contribution in [3.05, 3.63) is 0 Å². The van der Waals surface area contributed by atoms with Crippen LogP contribution in [-0.2, 0) is 0 Å². The van der Waals surface area contributed by atoms with Crippen LogP contribution in [0.15, 0.2) is 15.4 Å². The number of nitrogens with zero attached hydrogens (tertiary/aromatic N) is 3. The molecule has 0 atom stereocenters. The average molecular weight is 130 g/mol. The van der Waals surface area contributed by atoms with Gasteiger partial charge in [0.05, 0.1) is 7.05 Å². The standard InChI is InChI=1S/C3H8N4.C2H6/c1-3-5-7-6-4-2;1-2/h3H,1-2H3,(H,4,7);1-2H3/b5-3+;. The molecule has 0 spiro atoms. The summed E-state index contributed by atoms with van der Waals surface area (Å²) in [4.78, 5) is 0. The number of hydrogen-bond donors (Lipinski definition) is 1. The van der Waals surface area contributed by atoms with Crippen LogP contribution in [0.25, 0.3) is 0 Å². The first-order chi connectivity index (χ1) is 4.41. The minimum atomic E-state index is 1.57. The van der Waals surface area contributed by atoms with E-state index in [4.69, 9.17) is 0 Å². The van der Waals surface area contributed by atoms with Gasteiger partial charge in [-0.25, -0.2) is 0 Å². The van der Waals surface area contributed by atoms with Crippen molar-refractivity contribution in [3.8, 4) is 0 Å². The molecule has 0 saturated carbocycles. The predicted octanol–water partition coefficient (Wildman–Crippen LogP) is 1.60. The lowest BCUT2D eigenvalue weighted by Crippen LogP contribution is -1.89. The van der Waals surface area contributed by atoms with Gasteiger partial charge in [-0.15, -0.1) is 0 Å². The molecule has 0 aliphatic rings. The molecule has 0 heterocycles. The van der Waals surface area contributed by atoms with Gasteiger partial charge in [0.1, 0.15) is 0 Å². The third kappa shape index (κ3) is 19.3. The van der Waals surface area contributed by atoms with Crippen molar-refractivity contribution in [1.29, 1.82) is 0 Å². The second-order valence-electron chi connectivity index (χ2n) is 0.787. The third-order valence-electron chi connectivity index (χ3n) is 0.332. The van der Waals surface area contributed by atoms with Crippen molar-refractivity contribution in [2.24, 2.45) is 15.4 Å². The van der Waals surface area contributed by atoms with Crippen LogP contribution < -0.4 is 5.53 Å². The quantitative estimate of drug-likeness (QED) is 0.344. The van der Waals surface area contributed by atoms with Crippen LogP contribution >= 0.6 is 0 Å². The van der Waals surface area contributed by atoms with Gasteiger partial charge < -0.3 is 0 Å². The summed E-state index contributed by atoms with van der Waals surface area (Å²) in [6.07, 6.45) is 1.59. The average Bonchev–Trinajstić information content (AvgIpc) is 1.94. The summed E-state index contributed by atoms with van der Waals surface area (Å²) in [5.74, 6) is 0. The Hall–Kier alpha value is -0.930. The van der Waals surface area contributed by atoms with Gasteiger partial charge in [-0.1, -0.05) is 19.1 Å². The van der Waals surface area contributed by atoms with E-state index in [1.54, 1.807) is 20.2 Å². The smallest absolute Gasteiger partial charge is 0.0509 e. The lowest BCUT2D eigenvalue weighted by Gasteiger charge is -1.79. The topological polar surface area (TPSA) is 49.1 Å². The summed E-state index contributed by atoms with van der Waals surface area (Å²) >= 11 is 0. The molecule has 0 radical (unpaired) electrons. The molecule has 54 valence electrons. The van der Waals surface area contributed by atoms with Gasteiger partial charge in [-0.2, -0.15) is 15.8 Å². The highest BCUT2D eigenvalue weighted by molar-refractivity contribution is 5.52. The first kappa shape index (κ1) is 10.9. The van der Waals surface area contributed by atoms with Crippen molar-refractivity contribution in [1.82, 2.24) is 5.53 Å². The largest absolute Gasteiger partial charge is 0.180 e. The van der Waals surface area contributed by atoms with E-state index in [1.807, 2.05) is 13.8 Å². The van der Waals surface area contributed by atoms with E-state index in [2.05, 4.69) is 21.0 Å². The highest BCUT2D eigenvalue weighted by atomic mass is 15.6. The number of nitrogens with one attached hydrogen (secondary N) is 1. The van der Waals surface area contributed by atoms with Crippen LogP contribution in [0.2, 0.25) is 0 Å². The Bertz CT molecular complexity index is 67.0. The summed E-state index contributed by atoms with van der Waals surface area (Å²) in [5.41, 5.74) is 2.31. The number of hydrazone groups is 1. The Morgan fingerprint density at radius 3 is 2.22 bits per heavy atom. The summed E-state index contributed by atoms with van der Waals surface area (Å²) < 4.78 is 0. The van der Waals surface area contributed by atoms with Gasteiger partial charge >= 0.3 is 0 Å². The van der Waals surface area contributed by atoms with E-state index < -0.39 is 0 Å². The summed E-state index contributed by atoms with van der Waals surface area (Å²) in [6, 6.07) is 0. The number of rotatable bonds is 2. The Morgan fingerprint density at radius 1 is 1.33 bits per heavy atom. The van der Waals surface area contributed by atoms with Gasteiger partial charge in [0, 0.05) is 6.21 Å². The first-order valence-corrected chi connectivity index (χ1v) is 2.93. The van der Waals surface area contributed by atoms with Crippen molar-refractivity contribution in [2.45, 2.75) is 20.8 Å². The van der Waals surface area contributed by atoms with E-state index in [1.165, 1.54) is 0 Å². The van der Waals surface area contributed by atoms with Crippen LogP contribution in [0.5, 0.6) is 0 Å². The van der Waals surface area contributed by atoms with Crippen LogP contribution in [0.1, 0.15) is 20.8 Å². The molecule has 0 bridgehead atoms. The zero-order valence-corrected chi connectivity index (χ0v) is 6.42. The normalized spacial score (nSPS) is 9.33. The van der Waals surface area contributed by atoms with E-state index in [0.29, 0.717) is 0 Å². The van der Waals surface area contributed by atoms with Crippen LogP contribution in [0, 0.1) is 0 Å². The Labute approximate surface area is 56.0 Å². The fraction of sp³-hybridized carbons (Fsp3) is 0.800. The molecule has 9 heavy (non-hydrogen) atoms. The van der Waals surface area contributed by atoms with E-state index in [9.17, 15) is 0 Å². The van der Waals surface area contributed by atoms with Gasteiger partial charge in [0.2, 0.25) is 0 Å². The monoisotopic (exact) mass is 130 g/mol. The fourth-order valence-electron chi connectivity index (χ4n) is 0.128. The first-order valence-electron chi connectivity index (χ1n) is 2.93. The van der Waals surface area contributed by atoms with Gasteiger partial charge in [0.15, 0.2) is 0 Å². The maximum atomic E-state index is 3.53. The van der Waals surface area contributed by atoms with Gasteiger partial charge in [-0.05, 0) is 6.92 Å². The summed E-state index contributed by atoms with van der Waals surface area (Å²) in [5, 5.41) is 10.2. The molecular weight excluding hydrogens is 116 g/mol. The second-order valence-corrected chi connectivity index (χ2v) is 0.787. The molecule has 4 nitrogen and oxygen atoms in total. The number of hydrogen-bond acceptors (Lipinski definition) is 3. The zero-order chi connectivity index (χ0) is 7.54. The molecule has 1 N–H and O–H groups in total.